The number of anilines is 1. The van der Waals surface area contributed by atoms with Crippen LogP contribution in [0.5, 0.6) is 6.01 Å². The van der Waals surface area contributed by atoms with E-state index in [1.165, 1.54) is 0 Å². The summed E-state index contributed by atoms with van der Waals surface area (Å²) < 4.78 is 27.0. The molecule has 1 aromatic carbocycles. The molecule has 0 saturated carbocycles. The van der Waals surface area contributed by atoms with E-state index in [0.29, 0.717) is 41.9 Å². The Morgan fingerprint density at radius 2 is 2.03 bits per heavy atom. The number of piperazine rings is 1. The van der Waals surface area contributed by atoms with Gasteiger partial charge in [-0.25, -0.2) is 15.8 Å². The van der Waals surface area contributed by atoms with Gasteiger partial charge in [0.25, 0.3) is 0 Å². The van der Waals surface area contributed by atoms with Crippen molar-refractivity contribution in [1.82, 2.24) is 19.8 Å². The van der Waals surface area contributed by atoms with Crippen LogP contribution in [0.25, 0.3) is 15.7 Å². The molecule has 0 unspecified atom stereocenters. The van der Waals surface area contributed by atoms with Gasteiger partial charge in [0.15, 0.2) is 5.82 Å². The summed E-state index contributed by atoms with van der Waals surface area (Å²) in [7, 11) is 2.06. The molecule has 2 fully saturated rings. The lowest BCUT2D eigenvalue weighted by Gasteiger charge is -2.40. The van der Waals surface area contributed by atoms with Gasteiger partial charge in [-0.15, -0.1) is 0 Å². The van der Waals surface area contributed by atoms with Gasteiger partial charge in [-0.3, -0.25) is 4.90 Å². The maximum Gasteiger partial charge on any atom is 0.410 e. The lowest BCUT2D eigenvalue weighted by Crippen LogP contribution is -2.57. The topological polar surface area (TPSA) is 75.4 Å². The SMILES string of the molecule is [C-]#[N+]C[C@H]1CN(c2nc(OC[C@@H]3CCCN3C)nc3c(F)c(Br)ccc23)CCN1C(=O)OC(C)(C)C. The maximum absolute atomic E-state index is 15.1. The molecule has 2 aliphatic rings. The lowest BCUT2D eigenvalue weighted by atomic mass is 10.1. The van der Waals surface area contributed by atoms with Crippen molar-refractivity contribution >= 4 is 38.7 Å². The van der Waals surface area contributed by atoms with Crippen LogP contribution in [0.15, 0.2) is 16.6 Å². The second-order valence-corrected chi connectivity index (χ2v) is 11.1. The molecule has 2 aliphatic heterocycles. The standard InChI is InChI=1S/C25H32BrFN6O3/c1-25(2,3)36-24(34)33-12-11-32(14-17(33)13-28-4)22-18-8-9-19(26)20(27)21(18)29-23(30-22)35-15-16-7-6-10-31(16)5/h8-9,16-17H,6-7,10-15H2,1-3,5H3/t16-,17-/m0/s1. The monoisotopic (exact) mass is 562 g/mol. The number of likely N-dealkylation sites (N-methyl/N-ethyl adjacent to an activating group) is 1. The largest absolute Gasteiger partial charge is 0.462 e. The van der Waals surface area contributed by atoms with Crippen LogP contribution in [0.3, 0.4) is 0 Å². The molecule has 2 aromatic rings. The Kier molecular flexibility index (Phi) is 7.85. The van der Waals surface area contributed by atoms with Crippen molar-refractivity contribution in [2.75, 3.05) is 51.3 Å². The molecule has 0 N–H and O–H groups in total. The van der Waals surface area contributed by atoms with Crippen LogP contribution in [0.1, 0.15) is 33.6 Å². The Morgan fingerprint density at radius 3 is 2.69 bits per heavy atom. The minimum Gasteiger partial charge on any atom is -0.462 e. The number of carbonyl (C=O) groups is 1. The molecule has 1 aromatic heterocycles. The summed E-state index contributed by atoms with van der Waals surface area (Å²) >= 11 is 3.25. The highest BCUT2D eigenvalue weighted by molar-refractivity contribution is 9.10. The Balaban J connectivity index is 1.64. The zero-order chi connectivity index (χ0) is 26.0. The summed E-state index contributed by atoms with van der Waals surface area (Å²) in [5, 5.41) is 0.549. The number of likely N-dealkylation sites (tertiary alicyclic amines) is 1. The van der Waals surface area contributed by atoms with Crippen molar-refractivity contribution in [1.29, 1.82) is 0 Å². The number of benzene rings is 1. The highest BCUT2D eigenvalue weighted by Crippen LogP contribution is 2.33. The van der Waals surface area contributed by atoms with E-state index in [-0.39, 0.29) is 24.1 Å². The van der Waals surface area contributed by atoms with Crippen molar-refractivity contribution in [2.24, 2.45) is 0 Å². The van der Waals surface area contributed by atoms with Crippen LogP contribution < -0.4 is 9.64 Å². The predicted octanol–water partition coefficient (Wildman–Crippen LogP) is 4.35. The normalized spacial score (nSPS) is 21.0. The van der Waals surface area contributed by atoms with E-state index in [1.54, 1.807) is 17.0 Å². The van der Waals surface area contributed by atoms with Crippen LogP contribution >= 0.6 is 15.9 Å². The number of nitrogens with zero attached hydrogens (tertiary/aromatic N) is 6. The van der Waals surface area contributed by atoms with E-state index in [0.717, 1.165) is 19.4 Å². The molecule has 0 bridgehead atoms. The summed E-state index contributed by atoms with van der Waals surface area (Å²) in [5.41, 5.74) is -0.468. The zero-order valence-electron chi connectivity index (χ0n) is 21.1. The fourth-order valence-electron chi connectivity index (χ4n) is 4.64. The first-order chi connectivity index (χ1) is 17.1. The van der Waals surface area contributed by atoms with Crippen molar-refractivity contribution in [3.8, 4) is 6.01 Å². The van der Waals surface area contributed by atoms with Gasteiger partial charge in [0.1, 0.15) is 29.6 Å². The van der Waals surface area contributed by atoms with Gasteiger partial charge in [0.2, 0.25) is 6.54 Å². The second-order valence-electron chi connectivity index (χ2n) is 10.3. The smallest absolute Gasteiger partial charge is 0.410 e. The van der Waals surface area contributed by atoms with Gasteiger partial charge in [-0.1, -0.05) is 0 Å². The Labute approximate surface area is 219 Å². The Morgan fingerprint density at radius 1 is 1.25 bits per heavy atom. The fraction of sp³-hybridized carbons (Fsp3) is 0.600. The average molecular weight is 563 g/mol. The Bertz CT molecular complexity index is 1170. The number of amides is 1. The third kappa shape index (κ3) is 5.81. The van der Waals surface area contributed by atoms with Gasteiger partial charge in [-0.2, -0.15) is 9.97 Å². The molecule has 2 saturated heterocycles. The summed E-state index contributed by atoms with van der Waals surface area (Å²) in [6, 6.07) is 3.39. The molecule has 0 radical (unpaired) electrons. The molecule has 11 heteroatoms. The molecule has 3 heterocycles. The number of hydrogen-bond acceptors (Lipinski definition) is 7. The highest BCUT2D eigenvalue weighted by atomic mass is 79.9. The quantitative estimate of drug-likeness (QED) is 0.501. The number of aromatic nitrogens is 2. The first-order valence-electron chi connectivity index (χ1n) is 12.1. The maximum atomic E-state index is 15.1. The van der Waals surface area contributed by atoms with Gasteiger partial charge >= 0.3 is 12.1 Å². The number of hydrogen-bond donors (Lipinski definition) is 0. The minimum absolute atomic E-state index is 0.117. The first kappa shape index (κ1) is 26.4. The molecule has 36 heavy (non-hydrogen) atoms. The molecule has 0 aliphatic carbocycles. The number of fused-ring (bicyclic) bond motifs is 1. The van der Waals surface area contributed by atoms with Gasteiger partial charge < -0.3 is 24.1 Å². The predicted molar refractivity (Wildman–Crippen MR) is 139 cm³/mol. The molecule has 2 atom stereocenters. The van der Waals surface area contributed by atoms with E-state index >= 15 is 4.39 Å². The molecular formula is C25H32BrFN6O3. The third-order valence-electron chi connectivity index (χ3n) is 6.51. The van der Waals surface area contributed by atoms with Crippen molar-refractivity contribution in [3.05, 3.63) is 33.8 Å². The van der Waals surface area contributed by atoms with E-state index in [9.17, 15) is 4.79 Å². The van der Waals surface area contributed by atoms with Crippen molar-refractivity contribution in [2.45, 2.75) is 51.3 Å². The molecule has 1 amide bonds. The lowest BCUT2D eigenvalue weighted by molar-refractivity contribution is 0.0156. The molecular weight excluding hydrogens is 531 g/mol. The number of ether oxygens (including phenoxy) is 2. The summed E-state index contributed by atoms with van der Waals surface area (Å²) in [5.74, 6) is 0.0454. The van der Waals surface area contributed by atoms with Crippen LogP contribution in [-0.2, 0) is 4.74 Å². The third-order valence-corrected chi connectivity index (χ3v) is 7.12. The number of rotatable bonds is 5. The van der Waals surface area contributed by atoms with Crippen LogP contribution in [0, 0.1) is 12.4 Å². The average Bonchev–Trinajstić information content (AvgIpc) is 3.23. The molecule has 9 nitrogen and oxygen atoms in total. The number of carbonyl (C=O) groups excluding carboxylic acids is 1. The zero-order valence-corrected chi connectivity index (χ0v) is 22.7. The van der Waals surface area contributed by atoms with Gasteiger partial charge in [-0.05, 0) is 75.3 Å². The molecule has 194 valence electrons. The molecule has 0 spiro atoms. The van der Waals surface area contributed by atoms with Crippen LogP contribution in [0.4, 0.5) is 15.0 Å². The second kappa shape index (κ2) is 10.7. The van der Waals surface area contributed by atoms with Crippen LogP contribution in [0.2, 0.25) is 0 Å². The van der Waals surface area contributed by atoms with Gasteiger partial charge in [0, 0.05) is 31.1 Å². The van der Waals surface area contributed by atoms with Crippen molar-refractivity contribution < 1.29 is 18.7 Å². The van der Waals surface area contributed by atoms with Gasteiger partial charge in [0.05, 0.1) is 4.47 Å². The van der Waals surface area contributed by atoms with E-state index in [1.807, 2.05) is 25.7 Å². The summed E-state index contributed by atoms with van der Waals surface area (Å²) in [6.07, 6.45) is 1.70. The molecule has 4 rings (SSSR count). The van der Waals surface area contributed by atoms with E-state index in [4.69, 9.17) is 16.0 Å². The first-order valence-corrected chi connectivity index (χ1v) is 12.9. The number of halogens is 2. The van der Waals surface area contributed by atoms with E-state index in [2.05, 4.69) is 42.7 Å². The van der Waals surface area contributed by atoms with Crippen LogP contribution in [-0.4, -0.2) is 89.9 Å². The van der Waals surface area contributed by atoms with Crippen molar-refractivity contribution in [3.63, 3.8) is 0 Å². The van der Waals surface area contributed by atoms with E-state index < -0.39 is 23.6 Å². The summed E-state index contributed by atoms with van der Waals surface area (Å²) in [6.45, 7) is 15.6. The summed E-state index contributed by atoms with van der Waals surface area (Å²) in [4.78, 5) is 31.3. The highest BCUT2D eigenvalue weighted by Gasteiger charge is 2.36. The fourth-order valence-corrected chi connectivity index (χ4v) is 4.96. The minimum atomic E-state index is -0.635. The Hall–Kier alpha value is -2.71.